The van der Waals surface area contributed by atoms with Crippen molar-refractivity contribution in [2.75, 3.05) is 10.6 Å². The molecule has 3 aromatic rings. The number of aliphatic hydroxyl groups is 1. The van der Waals surface area contributed by atoms with Crippen LogP contribution in [0.4, 0.5) is 22.0 Å². The van der Waals surface area contributed by atoms with Crippen molar-refractivity contribution in [3.8, 4) is 0 Å². The molecule has 2 saturated carbocycles. The molecule has 174 valence electrons. The Kier molecular flexibility index (Phi) is 5.79. The van der Waals surface area contributed by atoms with Crippen molar-refractivity contribution in [3.05, 3.63) is 35.2 Å². The summed E-state index contributed by atoms with van der Waals surface area (Å²) in [6, 6.07) is 4.58. The largest absolute Gasteiger partial charge is 0.393 e. The van der Waals surface area contributed by atoms with E-state index in [4.69, 9.17) is 22.3 Å². The van der Waals surface area contributed by atoms with Crippen LogP contribution in [-0.2, 0) is 4.79 Å². The highest BCUT2D eigenvalue weighted by Gasteiger charge is 2.30. The molecular formula is C22H25ClFN7O2. The van der Waals surface area contributed by atoms with Gasteiger partial charge in [-0.05, 0) is 50.7 Å². The standard InChI is InChI=1S/C22H25ClFN7O2/c23-15-2-1-3-16(24)18(15)29-22-28-17-10-26-21(27-12-8-14(32)9-12)30-20(17)31(22)13-6-4-11(5-7-13)19(25)33/h1-3,10-14,32H,4-9H2,(H2,25,33)(H,28,29)(H,26,27,30)/t11-,12-,13-,14-. The fraction of sp³-hybridized carbons (Fsp3) is 0.455. The quantitative estimate of drug-likeness (QED) is 0.430. The van der Waals surface area contributed by atoms with E-state index < -0.39 is 5.82 Å². The summed E-state index contributed by atoms with van der Waals surface area (Å²) in [6.45, 7) is 0. The number of fused-ring (bicyclic) bond motifs is 1. The Bertz CT molecular complexity index is 1170. The van der Waals surface area contributed by atoms with E-state index in [0.29, 0.717) is 61.6 Å². The highest BCUT2D eigenvalue weighted by atomic mass is 35.5. The molecule has 2 aliphatic carbocycles. The van der Waals surface area contributed by atoms with Crippen molar-refractivity contribution in [1.29, 1.82) is 0 Å². The molecule has 1 aromatic carbocycles. The number of benzene rings is 1. The van der Waals surface area contributed by atoms with Crippen molar-refractivity contribution < 1.29 is 14.3 Å². The highest BCUT2D eigenvalue weighted by molar-refractivity contribution is 6.33. The van der Waals surface area contributed by atoms with E-state index in [1.165, 1.54) is 12.1 Å². The molecule has 0 aliphatic heterocycles. The number of halogens is 2. The van der Waals surface area contributed by atoms with Gasteiger partial charge in [0.1, 0.15) is 11.3 Å². The van der Waals surface area contributed by atoms with Crippen molar-refractivity contribution in [2.45, 2.75) is 56.7 Å². The van der Waals surface area contributed by atoms with Crippen LogP contribution in [0.3, 0.4) is 0 Å². The van der Waals surface area contributed by atoms with Gasteiger partial charge in [-0.3, -0.25) is 9.36 Å². The number of nitrogens with zero attached hydrogens (tertiary/aromatic N) is 4. The smallest absolute Gasteiger partial charge is 0.224 e. The number of hydrogen-bond acceptors (Lipinski definition) is 7. The summed E-state index contributed by atoms with van der Waals surface area (Å²) in [5, 5.41) is 16.1. The van der Waals surface area contributed by atoms with Crippen LogP contribution in [0.15, 0.2) is 24.4 Å². The molecule has 0 spiro atoms. The summed E-state index contributed by atoms with van der Waals surface area (Å²) >= 11 is 6.24. The number of aliphatic hydroxyl groups excluding tert-OH is 1. The van der Waals surface area contributed by atoms with Crippen LogP contribution in [0, 0.1) is 11.7 Å². The third kappa shape index (κ3) is 4.32. The maximum Gasteiger partial charge on any atom is 0.224 e. The lowest BCUT2D eigenvalue weighted by Gasteiger charge is -2.32. The van der Waals surface area contributed by atoms with Gasteiger partial charge >= 0.3 is 0 Å². The lowest BCUT2D eigenvalue weighted by Crippen LogP contribution is -2.39. The molecule has 2 aliphatic rings. The first-order chi connectivity index (χ1) is 15.9. The number of carbonyl (C=O) groups excluding carboxylic acids is 1. The van der Waals surface area contributed by atoms with Crippen LogP contribution in [0.2, 0.25) is 5.02 Å². The lowest BCUT2D eigenvalue weighted by molar-refractivity contribution is -0.122. The summed E-state index contributed by atoms with van der Waals surface area (Å²) in [5.41, 5.74) is 6.80. The molecule has 33 heavy (non-hydrogen) atoms. The minimum Gasteiger partial charge on any atom is -0.393 e. The summed E-state index contributed by atoms with van der Waals surface area (Å²) in [4.78, 5) is 25.3. The van der Waals surface area contributed by atoms with E-state index in [-0.39, 0.29) is 40.7 Å². The van der Waals surface area contributed by atoms with E-state index in [2.05, 4.69) is 20.6 Å². The molecule has 1 amide bonds. The summed E-state index contributed by atoms with van der Waals surface area (Å²) < 4.78 is 16.4. The minimum atomic E-state index is -0.490. The predicted octanol–water partition coefficient (Wildman–Crippen LogP) is 3.51. The van der Waals surface area contributed by atoms with Gasteiger partial charge in [0.25, 0.3) is 0 Å². The molecule has 0 saturated heterocycles. The van der Waals surface area contributed by atoms with Gasteiger partial charge in [0.15, 0.2) is 5.65 Å². The Morgan fingerprint density at radius 2 is 1.97 bits per heavy atom. The van der Waals surface area contributed by atoms with Gasteiger partial charge in [0.05, 0.1) is 23.0 Å². The molecule has 2 fully saturated rings. The maximum absolute atomic E-state index is 14.5. The Morgan fingerprint density at radius 1 is 1.21 bits per heavy atom. The zero-order chi connectivity index (χ0) is 23.1. The van der Waals surface area contributed by atoms with Gasteiger partial charge in [-0.1, -0.05) is 17.7 Å². The topological polar surface area (TPSA) is 131 Å². The molecule has 5 rings (SSSR count). The van der Waals surface area contributed by atoms with Crippen LogP contribution < -0.4 is 16.4 Å². The van der Waals surface area contributed by atoms with Crippen LogP contribution in [0.25, 0.3) is 11.2 Å². The maximum atomic E-state index is 14.5. The van der Waals surface area contributed by atoms with E-state index in [1.807, 2.05) is 4.57 Å². The zero-order valence-corrected chi connectivity index (χ0v) is 18.6. The molecule has 5 N–H and O–H groups in total. The Hall–Kier alpha value is -2.98. The number of nitrogens with one attached hydrogen (secondary N) is 2. The third-order valence-electron chi connectivity index (χ3n) is 6.54. The average Bonchev–Trinajstić information content (AvgIpc) is 3.12. The number of rotatable bonds is 6. The highest BCUT2D eigenvalue weighted by Crippen LogP contribution is 2.38. The SMILES string of the molecule is NC(=O)[C@H]1CC[C@H](n2c(Nc3c(F)cccc3Cl)nc3cnc(N[C@H]4C[C@H](O)C4)nc32)CC1. The van der Waals surface area contributed by atoms with Crippen LogP contribution >= 0.6 is 11.6 Å². The van der Waals surface area contributed by atoms with Gasteiger partial charge in [-0.15, -0.1) is 0 Å². The second kappa shape index (κ2) is 8.75. The lowest BCUT2D eigenvalue weighted by atomic mass is 9.85. The van der Waals surface area contributed by atoms with Gasteiger partial charge < -0.3 is 21.5 Å². The van der Waals surface area contributed by atoms with E-state index in [0.717, 1.165) is 0 Å². The number of anilines is 3. The number of primary amides is 1. The van der Waals surface area contributed by atoms with E-state index >= 15 is 0 Å². The first-order valence-corrected chi connectivity index (χ1v) is 11.5. The summed E-state index contributed by atoms with van der Waals surface area (Å²) in [5.74, 6) is -0.0651. The van der Waals surface area contributed by atoms with E-state index in [1.54, 1.807) is 12.3 Å². The normalized spacial score (nSPS) is 24.9. The minimum absolute atomic E-state index is 0.00748. The Morgan fingerprint density at radius 3 is 2.64 bits per heavy atom. The van der Waals surface area contributed by atoms with Crippen LogP contribution in [0.5, 0.6) is 0 Å². The fourth-order valence-corrected chi connectivity index (χ4v) is 4.84. The molecule has 2 aromatic heterocycles. The number of aromatic nitrogens is 4. The van der Waals surface area contributed by atoms with Gasteiger partial charge in [0, 0.05) is 18.0 Å². The van der Waals surface area contributed by atoms with Crippen molar-refractivity contribution >= 4 is 46.3 Å². The first-order valence-electron chi connectivity index (χ1n) is 11.1. The number of para-hydroxylation sites is 1. The number of carbonyl (C=O) groups is 1. The van der Waals surface area contributed by atoms with Crippen LogP contribution in [-0.4, -0.2) is 42.7 Å². The van der Waals surface area contributed by atoms with Gasteiger partial charge in [0.2, 0.25) is 17.8 Å². The number of hydrogen-bond donors (Lipinski definition) is 4. The molecule has 9 nitrogen and oxygen atoms in total. The number of nitrogens with two attached hydrogens (primary N) is 1. The third-order valence-corrected chi connectivity index (χ3v) is 6.86. The van der Waals surface area contributed by atoms with Gasteiger partial charge in [-0.25, -0.2) is 14.4 Å². The average molecular weight is 474 g/mol. The number of amides is 1. The van der Waals surface area contributed by atoms with Crippen molar-refractivity contribution in [2.24, 2.45) is 11.7 Å². The van der Waals surface area contributed by atoms with Crippen molar-refractivity contribution in [3.63, 3.8) is 0 Å². The molecule has 0 unspecified atom stereocenters. The Labute approximate surface area is 194 Å². The van der Waals surface area contributed by atoms with E-state index in [9.17, 15) is 14.3 Å². The fourth-order valence-electron chi connectivity index (χ4n) is 4.63. The molecule has 2 heterocycles. The van der Waals surface area contributed by atoms with Gasteiger partial charge in [-0.2, -0.15) is 4.98 Å². The molecule has 0 radical (unpaired) electrons. The summed E-state index contributed by atoms with van der Waals surface area (Å²) in [6.07, 6.45) is 5.37. The zero-order valence-electron chi connectivity index (χ0n) is 17.8. The Balaban J connectivity index is 1.52. The predicted molar refractivity (Wildman–Crippen MR) is 123 cm³/mol. The molecule has 11 heteroatoms. The first kappa shape index (κ1) is 21.8. The molecular weight excluding hydrogens is 449 g/mol. The second-order valence-electron chi connectivity index (χ2n) is 8.80. The van der Waals surface area contributed by atoms with Crippen molar-refractivity contribution in [1.82, 2.24) is 19.5 Å². The molecule has 0 atom stereocenters. The second-order valence-corrected chi connectivity index (χ2v) is 9.21. The summed E-state index contributed by atoms with van der Waals surface area (Å²) in [7, 11) is 0. The van der Waals surface area contributed by atoms with Crippen LogP contribution in [0.1, 0.15) is 44.6 Å². The monoisotopic (exact) mass is 473 g/mol. The molecule has 0 bridgehead atoms. The number of imidazole rings is 1.